The first-order valence-corrected chi connectivity index (χ1v) is 8.54. The van der Waals surface area contributed by atoms with E-state index in [1.54, 1.807) is 28.2 Å². The van der Waals surface area contributed by atoms with Crippen molar-refractivity contribution in [3.05, 3.63) is 42.0 Å². The van der Waals surface area contributed by atoms with Crippen LogP contribution in [0.3, 0.4) is 0 Å². The fraction of sp³-hybridized carbons (Fsp3) is 0.429. The normalized spacial score (nSPS) is 11.6. The zero-order chi connectivity index (χ0) is 16.2. The maximum Gasteiger partial charge on any atom is 0.304 e. The molecule has 0 radical (unpaired) electrons. The van der Waals surface area contributed by atoms with Gasteiger partial charge in [0.15, 0.2) is 0 Å². The van der Waals surface area contributed by atoms with Gasteiger partial charge in [0, 0.05) is 25.5 Å². The summed E-state index contributed by atoms with van der Waals surface area (Å²) >= 11 is 0. The molecule has 8 heteroatoms. The summed E-state index contributed by atoms with van der Waals surface area (Å²) in [6, 6.07) is 3.80. The second-order valence-corrected chi connectivity index (χ2v) is 6.53. The van der Waals surface area contributed by atoms with Gasteiger partial charge >= 0.3 is 10.2 Å². The van der Waals surface area contributed by atoms with E-state index in [0.29, 0.717) is 13.1 Å². The molecule has 0 aromatic carbocycles. The molecule has 2 aromatic rings. The van der Waals surface area contributed by atoms with Crippen molar-refractivity contribution in [2.75, 3.05) is 17.2 Å². The number of pyridine rings is 1. The number of aromatic nitrogens is 3. The summed E-state index contributed by atoms with van der Waals surface area (Å²) in [7, 11) is -4.51. The first kappa shape index (κ1) is 16.4. The Morgan fingerprint density at radius 2 is 2.09 bits per heavy atom. The fourth-order valence-electron chi connectivity index (χ4n) is 2.00. The summed E-state index contributed by atoms with van der Waals surface area (Å²) in [4.78, 5) is 6.06. The third kappa shape index (κ3) is 4.80. The minimum atomic E-state index is -4.51. The van der Waals surface area contributed by atoms with Gasteiger partial charge in [-0.3, -0.25) is 9.67 Å². The predicted octanol–water partition coefficient (Wildman–Crippen LogP) is 1.91. The van der Waals surface area contributed by atoms with Gasteiger partial charge < -0.3 is 4.90 Å². The quantitative estimate of drug-likeness (QED) is 0.727. The molecule has 0 saturated carbocycles. The number of halogens is 1. The van der Waals surface area contributed by atoms with Crippen LogP contribution in [-0.2, 0) is 23.3 Å². The van der Waals surface area contributed by atoms with Gasteiger partial charge in [0.25, 0.3) is 0 Å². The molecule has 120 valence electrons. The van der Waals surface area contributed by atoms with Crippen LogP contribution in [0, 0.1) is 6.92 Å². The molecule has 0 aliphatic carbocycles. The van der Waals surface area contributed by atoms with E-state index >= 15 is 0 Å². The molecule has 0 N–H and O–H groups in total. The molecule has 0 saturated heterocycles. The summed E-state index contributed by atoms with van der Waals surface area (Å²) in [5, 5.41) is 4.17. The minimum absolute atomic E-state index is 0.0454. The van der Waals surface area contributed by atoms with Gasteiger partial charge in [0.05, 0.1) is 29.9 Å². The predicted molar refractivity (Wildman–Crippen MR) is 82.8 cm³/mol. The van der Waals surface area contributed by atoms with Crippen LogP contribution in [0.5, 0.6) is 0 Å². The molecule has 22 heavy (non-hydrogen) atoms. The number of aryl methyl sites for hydroxylation is 2. The van der Waals surface area contributed by atoms with Crippen LogP contribution in [0.15, 0.2) is 30.7 Å². The molecule has 0 amide bonds. The van der Waals surface area contributed by atoms with E-state index in [0.717, 1.165) is 16.9 Å². The van der Waals surface area contributed by atoms with Crippen molar-refractivity contribution in [3.63, 3.8) is 0 Å². The second-order valence-electron chi connectivity index (χ2n) is 5.05. The second kappa shape index (κ2) is 6.87. The van der Waals surface area contributed by atoms with Crippen LogP contribution in [0.1, 0.15) is 18.2 Å². The Balaban J connectivity index is 2.18. The molecule has 6 nitrogen and oxygen atoms in total. The van der Waals surface area contributed by atoms with Gasteiger partial charge in [-0.05, 0) is 25.5 Å². The SMILES string of the molecule is CCn1cc(N(CCS(=O)(=O)F)Cc2ccc(C)cn2)cn1. The zero-order valence-electron chi connectivity index (χ0n) is 12.6. The van der Waals surface area contributed by atoms with Gasteiger partial charge in [-0.15, -0.1) is 3.89 Å². The van der Waals surface area contributed by atoms with Crippen LogP contribution >= 0.6 is 0 Å². The standard InChI is InChI=1S/C14H19FN4O2S/c1-3-19-11-14(9-17-19)18(6-7-22(15,20)21)10-13-5-4-12(2)8-16-13/h4-5,8-9,11H,3,6-7,10H2,1-2H3. The Kier molecular flexibility index (Phi) is 5.12. The lowest BCUT2D eigenvalue weighted by molar-refractivity contribution is 0.550. The Morgan fingerprint density at radius 1 is 1.32 bits per heavy atom. The number of rotatable bonds is 7. The van der Waals surface area contributed by atoms with Crippen molar-refractivity contribution in [3.8, 4) is 0 Å². The van der Waals surface area contributed by atoms with E-state index in [9.17, 15) is 12.3 Å². The number of nitrogens with zero attached hydrogens (tertiary/aromatic N) is 4. The van der Waals surface area contributed by atoms with Crippen LogP contribution in [-0.4, -0.2) is 35.5 Å². The highest BCUT2D eigenvalue weighted by Crippen LogP contribution is 2.16. The number of hydrogen-bond donors (Lipinski definition) is 0. The molecule has 0 unspecified atom stereocenters. The molecule has 0 spiro atoms. The monoisotopic (exact) mass is 326 g/mol. The Morgan fingerprint density at radius 3 is 2.64 bits per heavy atom. The molecule has 2 rings (SSSR count). The molecule has 0 fully saturated rings. The third-order valence-electron chi connectivity index (χ3n) is 3.24. The van der Waals surface area contributed by atoms with Gasteiger partial charge in [-0.2, -0.15) is 13.5 Å². The number of anilines is 1. The van der Waals surface area contributed by atoms with Crippen LogP contribution in [0.4, 0.5) is 9.57 Å². The largest absolute Gasteiger partial charge is 0.362 e. The van der Waals surface area contributed by atoms with Crippen molar-refractivity contribution in [1.29, 1.82) is 0 Å². The van der Waals surface area contributed by atoms with E-state index in [1.165, 1.54) is 0 Å². The van der Waals surface area contributed by atoms with E-state index < -0.39 is 16.0 Å². The number of hydrogen-bond acceptors (Lipinski definition) is 5. The summed E-state index contributed by atoms with van der Waals surface area (Å²) in [5.41, 5.74) is 2.57. The van der Waals surface area contributed by atoms with Crippen molar-refractivity contribution in [1.82, 2.24) is 14.8 Å². The average molecular weight is 326 g/mol. The van der Waals surface area contributed by atoms with Crippen LogP contribution in [0.25, 0.3) is 0 Å². The van der Waals surface area contributed by atoms with Gasteiger partial charge in [0.1, 0.15) is 0 Å². The molecule has 0 aliphatic rings. The molecule has 0 aliphatic heterocycles. The molecular formula is C14H19FN4O2S. The van der Waals surface area contributed by atoms with Crippen molar-refractivity contribution in [2.24, 2.45) is 0 Å². The lowest BCUT2D eigenvalue weighted by Crippen LogP contribution is -2.28. The van der Waals surface area contributed by atoms with Crippen molar-refractivity contribution >= 4 is 15.9 Å². The Bertz CT molecular complexity index is 713. The smallest absolute Gasteiger partial charge is 0.304 e. The van der Waals surface area contributed by atoms with E-state index in [2.05, 4.69) is 10.1 Å². The highest BCUT2D eigenvalue weighted by molar-refractivity contribution is 7.86. The summed E-state index contributed by atoms with van der Waals surface area (Å²) in [5.74, 6) is -0.559. The molecule has 2 heterocycles. The third-order valence-corrected chi connectivity index (χ3v) is 3.91. The van der Waals surface area contributed by atoms with Crippen molar-refractivity contribution in [2.45, 2.75) is 26.9 Å². The van der Waals surface area contributed by atoms with E-state index in [-0.39, 0.29) is 6.54 Å². The lowest BCUT2D eigenvalue weighted by atomic mass is 10.2. The fourth-order valence-corrected chi connectivity index (χ4v) is 2.43. The summed E-state index contributed by atoms with van der Waals surface area (Å²) < 4.78 is 36.2. The summed E-state index contributed by atoms with van der Waals surface area (Å²) in [6.45, 7) is 5.04. The topological polar surface area (TPSA) is 68.1 Å². The highest BCUT2D eigenvalue weighted by Gasteiger charge is 2.15. The van der Waals surface area contributed by atoms with Crippen LogP contribution < -0.4 is 4.90 Å². The average Bonchev–Trinajstić information content (AvgIpc) is 2.93. The van der Waals surface area contributed by atoms with Gasteiger partial charge in [-0.25, -0.2) is 0 Å². The van der Waals surface area contributed by atoms with Gasteiger partial charge in [0.2, 0.25) is 0 Å². The van der Waals surface area contributed by atoms with Gasteiger partial charge in [-0.1, -0.05) is 6.07 Å². The zero-order valence-corrected chi connectivity index (χ0v) is 13.4. The minimum Gasteiger partial charge on any atom is -0.362 e. The van der Waals surface area contributed by atoms with Crippen molar-refractivity contribution < 1.29 is 12.3 Å². The Labute approximate surface area is 129 Å². The maximum atomic E-state index is 12.8. The van der Waals surface area contributed by atoms with E-state index in [4.69, 9.17) is 0 Å². The first-order valence-electron chi connectivity index (χ1n) is 6.98. The molecule has 2 aromatic heterocycles. The highest BCUT2D eigenvalue weighted by atomic mass is 32.3. The Hall–Kier alpha value is -1.96. The molecule has 0 bridgehead atoms. The van der Waals surface area contributed by atoms with E-state index in [1.807, 2.05) is 26.0 Å². The molecule has 0 atom stereocenters. The van der Waals surface area contributed by atoms with Crippen LogP contribution in [0.2, 0.25) is 0 Å². The summed E-state index contributed by atoms with van der Waals surface area (Å²) in [6.07, 6.45) is 5.19. The first-order chi connectivity index (χ1) is 10.4. The lowest BCUT2D eigenvalue weighted by Gasteiger charge is -2.21. The maximum absolute atomic E-state index is 12.8. The molecular weight excluding hydrogens is 307 g/mol.